The summed E-state index contributed by atoms with van der Waals surface area (Å²) < 4.78 is 2.42. The van der Waals surface area contributed by atoms with Crippen LogP contribution in [0.2, 0.25) is 0 Å². The molecule has 0 bridgehead atoms. The second-order valence-corrected chi connectivity index (χ2v) is 7.60. The van der Waals surface area contributed by atoms with E-state index in [0.29, 0.717) is 41.4 Å². The van der Waals surface area contributed by atoms with Crippen molar-refractivity contribution in [1.82, 2.24) is 19.9 Å². The second-order valence-electron chi connectivity index (χ2n) is 5.97. The van der Waals surface area contributed by atoms with Gasteiger partial charge in [0, 0.05) is 35.7 Å². The minimum atomic E-state index is -0.0975. The Morgan fingerprint density at radius 1 is 1.25 bits per heavy atom. The number of benzene rings is 1. The molecule has 3 heterocycles. The van der Waals surface area contributed by atoms with E-state index in [9.17, 15) is 9.90 Å². The largest absolute Gasteiger partial charge is 0.507 e. The topological polar surface area (TPSA) is 91.5 Å². The van der Waals surface area contributed by atoms with Crippen LogP contribution in [0.5, 0.6) is 5.75 Å². The van der Waals surface area contributed by atoms with Gasteiger partial charge in [0.1, 0.15) is 11.6 Å². The summed E-state index contributed by atoms with van der Waals surface area (Å²) in [5.74, 6) is 0.766. The molecule has 0 aliphatic rings. The number of nitrogens with one attached hydrogen (secondary N) is 2. The van der Waals surface area contributed by atoms with Crippen molar-refractivity contribution in [2.45, 2.75) is 0 Å². The van der Waals surface area contributed by atoms with Crippen LogP contribution in [-0.2, 0) is 0 Å². The van der Waals surface area contributed by atoms with E-state index in [1.165, 1.54) is 11.3 Å². The predicted octanol–water partition coefficient (Wildman–Crippen LogP) is 3.77. The van der Waals surface area contributed by atoms with Gasteiger partial charge in [0.05, 0.1) is 16.4 Å². The molecule has 0 spiro atoms. The number of aromatic hydroxyl groups is 1. The first kappa shape index (κ1) is 18.5. The Morgan fingerprint density at radius 3 is 2.89 bits per heavy atom. The molecule has 1 amide bonds. The molecule has 4 aromatic rings. The molecule has 3 N–H and O–H groups in total. The summed E-state index contributed by atoms with van der Waals surface area (Å²) in [6.07, 6.45) is 1.67. The minimum absolute atomic E-state index is 0.0975. The van der Waals surface area contributed by atoms with E-state index in [1.807, 2.05) is 29.0 Å². The van der Waals surface area contributed by atoms with Crippen LogP contribution in [0, 0.1) is 0 Å². The van der Waals surface area contributed by atoms with Crippen molar-refractivity contribution >= 4 is 44.6 Å². The number of amides is 1. The number of carbonyl (C=O) groups excluding carboxylic acids is 1. The normalized spacial score (nSPS) is 10.9. The van der Waals surface area contributed by atoms with Crippen LogP contribution in [0.4, 0.5) is 5.82 Å². The zero-order valence-corrected chi connectivity index (χ0v) is 17.0. The number of phenols is 1. The van der Waals surface area contributed by atoms with Crippen LogP contribution in [0.25, 0.3) is 16.9 Å². The van der Waals surface area contributed by atoms with Crippen LogP contribution in [0.1, 0.15) is 10.4 Å². The highest BCUT2D eigenvalue weighted by molar-refractivity contribution is 9.10. The minimum Gasteiger partial charge on any atom is -0.507 e. The quantitative estimate of drug-likeness (QED) is 0.383. The Morgan fingerprint density at radius 2 is 2.11 bits per heavy atom. The van der Waals surface area contributed by atoms with Crippen molar-refractivity contribution in [3.05, 3.63) is 63.4 Å². The summed E-state index contributed by atoms with van der Waals surface area (Å²) in [6, 6.07) is 10.7. The lowest BCUT2D eigenvalue weighted by Gasteiger charge is -2.12. The van der Waals surface area contributed by atoms with Gasteiger partial charge in [-0.3, -0.25) is 4.79 Å². The van der Waals surface area contributed by atoms with Gasteiger partial charge in [-0.2, -0.15) is 21.0 Å². The molecule has 0 unspecified atom stereocenters. The molecule has 0 saturated heterocycles. The van der Waals surface area contributed by atoms with Gasteiger partial charge >= 0.3 is 0 Å². The molecule has 1 aromatic carbocycles. The van der Waals surface area contributed by atoms with Crippen molar-refractivity contribution < 1.29 is 9.90 Å². The lowest BCUT2D eigenvalue weighted by Crippen LogP contribution is -2.28. The number of nitrogens with zero attached hydrogens (tertiary/aromatic N) is 3. The highest BCUT2D eigenvalue weighted by Gasteiger charge is 2.13. The van der Waals surface area contributed by atoms with Crippen LogP contribution in [0.3, 0.4) is 0 Å². The Bertz CT molecular complexity index is 1130. The molecule has 0 radical (unpaired) electrons. The number of carbonyl (C=O) groups is 1. The van der Waals surface area contributed by atoms with E-state index in [0.717, 1.165) is 4.47 Å². The van der Waals surface area contributed by atoms with Gasteiger partial charge in [0.2, 0.25) is 0 Å². The molecule has 4 rings (SSSR count). The van der Waals surface area contributed by atoms with Crippen LogP contribution in [-0.4, -0.2) is 38.7 Å². The highest BCUT2D eigenvalue weighted by atomic mass is 79.9. The number of hydrogen-bond donors (Lipinski definition) is 3. The fourth-order valence-corrected chi connectivity index (χ4v) is 3.74. The maximum Gasteiger partial charge on any atom is 0.252 e. The van der Waals surface area contributed by atoms with Crippen LogP contribution >= 0.6 is 27.3 Å². The molecule has 28 heavy (non-hydrogen) atoms. The van der Waals surface area contributed by atoms with Crippen LogP contribution < -0.4 is 10.6 Å². The number of aromatic nitrogens is 3. The smallest absolute Gasteiger partial charge is 0.252 e. The molecule has 7 nitrogen and oxygen atoms in total. The van der Waals surface area contributed by atoms with E-state index in [4.69, 9.17) is 0 Å². The predicted molar refractivity (Wildman–Crippen MR) is 113 cm³/mol. The Labute approximate surface area is 173 Å². The fraction of sp³-hybridized carbons (Fsp3) is 0.105. The third kappa shape index (κ3) is 3.71. The molecule has 0 saturated carbocycles. The molecule has 0 aliphatic carbocycles. The molecule has 3 aromatic heterocycles. The number of para-hydroxylation sites is 1. The van der Waals surface area contributed by atoms with Gasteiger partial charge in [-0.1, -0.05) is 12.1 Å². The van der Waals surface area contributed by atoms with E-state index in [-0.39, 0.29) is 11.7 Å². The SMILES string of the molecule is O=C(NCCNc1cc(-c2ccccc2O)nc2c(Br)cnn12)c1ccsc1. The molecular formula is C19H16BrN5O2S. The Balaban J connectivity index is 1.54. The van der Waals surface area contributed by atoms with Crippen molar-refractivity contribution in [3.63, 3.8) is 0 Å². The third-order valence-corrected chi connectivity index (χ3v) is 5.35. The average Bonchev–Trinajstić information content (AvgIpc) is 3.36. The van der Waals surface area contributed by atoms with Gasteiger partial charge in [0.15, 0.2) is 5.65 Å². The van der Waals surface area contributed by atoms with E-state index in [1.54, 1.807) is 28.9 Å². The van der Waals surface area contributed by atoms with Gasteiger partial charge in [0.25, 0.3) is 5.91 Å². The lowest BCUT2D eigenvalue weighted by atomic mass is 10.1. The Kier molecular flexibility index (Phi) is 5.27. The summed E-state index contributed by atoms with van der Waals surface area (Å²) in [5.41, 5.74) is 2.54. The number of phenolic OH excluding ortho intramolecular Hbond substituents is 1. The summed E-state index contributed by atoms with van der Waals surface area (Å²) in [4.78, 5) is 16.6. The third-order valence-electron chi connectivity index (χ3n) is 4.11. The number of halogens is 1. The monoisotopic (exact) mass is 457 g/mol. The molecular weight excluding hydrogens is 442 g/mol. The highest BCUT2D eigenvalue weighted by Crippen LogP contribution is 2.30. The maximum absolute atomic E-state index is 12.0. The van der Waals surface area contributed by atoms with Crippen molar-refractivity contribution in [1.29, 1.82) is 0 Å². The van der Waals surface area contributed by atoms with Crippen molar-refractivity contribution in [2.24, 2.45) is 0 Å². The van der Waals surface area contributed by atoms with E-state index >= 15 is 0 Å². The summed E-state index contributed by atoms with van der Waals surface area (Å²) in [7, 11) is 0. The number of thiophene rings is 1. The number of rotatable bonds is 6. The molecule has 0 atom stereocenters. The Hall–Kier alpha value is -2.91. The van der Waals surface area contributed by atoms with Crippen molar-refractivity contribution in [3.8, 4) is 17.0 Å². The van der Waals surface area contributed by atoms with Gasteiger partial charge in [-0.15, -0.1) is 0 Å². The van der Waals surface area contributed by atoms with E-state index < -0.39 is 0 Å². The standard InChI is InChI=1S/C19H16BrN5O2S/c20-14-10-23-25-17(21-6-7-22-19(27)12-5-8-28-11-12)9-15(24-18(14)25)13-3-1-2-4-16(13)26/h1-5,8-11,21,26H,6-7H2,(H,22,27). The zero-order chi connectivity index (χ0) is 19.5. The molecule has 142 valence electrons. The first-order valence-electron chi connectivity index (χ1n) is 8.50. The number of anilines is 1. The molecule has 9 heteroatoms. The zero-order valence-electron chi connectivity index (χ0n) is 14.6. The second kappa shape index (κ2) is 7.99. The van der Waals surface area contributed by atoms with Gasteiger partial charge in [-0.25, -0.2) is 4.98 Å². The average molecular weight is 458 g/mol. The lowest BCUT2D eigenvalue weighted by molar-refractivity contribution is 0.0955. The van der Waals surface area contributed by atoms with Crippen LogP contribution in [0.15, 0.2) is 57.8 Å². The fourth-order valence-electron chi connectivity index (χ4n) is 2.75. The van der Waals surface area contributed by atoms with Gasteiger partial charge in [-0.05, 0) is 39.5 Å². The molecule has 0 aliphatic heterocycles. The first-order valence-corrected chi connectivity index (χ1v) is 10.2. The number of hydrogen-bond acceptors (Lipinski definition) is 6. The van der Waals surface area contributed by atoms with E-state index in [2.05, 4.69) is 36.6 Å². The maximum atomic E-state index is 12.0. The van der Waals surface area contributed by atoms with Crippen molar-refractivity contribution in [2.75, 3.05) is 18.4 Å². The summed E-state index contributed by atoms with van der Waals surface area (Å²) in [6.45, 7) is 0.958. The van der Waals surface area contributed by atoms with Gasteiger partial charge < -0.3 is 15.7 Å². The summed E-state index contributed by atoms with van der Waals surface area (Å²) >= 11 is 4.95. The number of fused-ring (bicyclic) bond motifs is 1. The summed E-state index contributed by atoms with van der Waals surface area (Å²) in [5, 5.41) is 24.3. The first-order chi connectivity index (χ1) is 13.6. The molecule has 0 fully saturated rings.